The molecule has 2 heteroatoms. The first kappa shape index (κ1) is 18.7. The number of aromatic nitrogens is 1. The van der Waals surface area contributed by atoms with Gasteiger partial charge in [0.1, 0.15) is 0 Å². The van der Waals surface area contributed by atoms with E-state index in [-0.39, 0.29) is 0 Å². The SMILES string of the molecule is CCc1c(-c2ccc(C)cc2)c(C(=O)CC2CC2)c(C)n1-c1ccc(C)cc1. The largest absolute Gasteiger partial charge is 0.317 e. The molecule has 4 rings (SSSR count). The highest BCUT2D eigenvalue weighted by Crippen LogP contribution is 2.39. The van der Waals surface area contributed by atoms with Crippen LogP contribution in [-0.2, 0) is 6.42 Å². The van der Waals surface area contributed by atoms with Gasteiger partial charge in [0.15, 0.2) is 5.78 Å². The van der Waals surface area contributed by atoms with Gasteiger partial charge in [0, 0.05) is 34.6 Å². The molecule has 0 bridgehead atoms. The smallest absolute Gasteiger partial charge is 0.165 e. The van der Waals surface area contributed by atoms with Gasteiger partial charge in [-0.2, -0.15) is 0 Å². The second-order valence-corrected chi connectivity index (χ2v) is 8.24. The summed E-state index contributed by atoms with van der Waals surface area (Å²) in [5.74, 6) is 0.890. The summed E-state index contributed by atoms with van der Waals surface area (Å²) in [7, 11) is 0. The fourth-order valence-electron chi connectivity index (χ4n) is 4.19. The molecule has 0 aliphatic heterocycles. The number of carbonyl (C=O) groups is 1. The second kappa shape index (κ2) is 7.43. The minimum Gasteiger partial charge on any atom is -0.317 e. The lowest BCUT2D eigenvalue weighted by Crippen LogP contribution is -2.05. The van der Waals surface area contributed by atoms with Gasteiger partial charge < -0.3 is 4.57 Å². The van der Waals surface area contributed by atoms with Crippen molar-refractivity contribution in [3.8, 4) is 16.8 Å². The van der Waals surface area contributed by atoms with Crippen molar-refractivity contribution < 1.29 is 4.79 Å². The molecule has 0 saturated heterocycles. The van der Waals surface area contributed by atoms with Gasteiger partial charge in [-0.1, -0.05) is 54.4 Å². The van der Waals surface area contributed by atoms with Crippen molar-refractivity contribution in [1.82, 2.24) is 4.57 Å². The van der Waals surface area contributed by atoms with E-state index in [1.54, 1.807) is 0 Å². The van der Waals surface area contributed by atoms with Crippen LogP contribution in [0.25, 0.3) is 16.8 Å². The summed E-state index contributed by atoms with van der Waals surface area (Å²) >= 11 is 0. The molecule has 144 valence electrons. The van der Waals surface area contributed by atoms with Gasteiger partial charge in [-0.25, -0.2) is 0 Å². The zero-order chi connectivity index (χ0) is 19.8. The van der Waals surface area contributed by atoms with Gasteiger partial charge in [-0.05, 0) is 63.6 Å². The molecule has 1 aliphatic carbocycles. The number of nitrogens with zero attached hydrogens (tertiary/aromatic N) is 1. The number of rotatable bonds is 6. The Labute approximate surface area is 168 Å². The van der Waals surface area contributed by atoms with Crippen LogP contribution in [0.2, 0.25) is 0 Å². The fourth-order valence-corrected chi connectivity index (χ4v) is 4.19. The third-order valence-corrected chi connectivity index (χ3v) is 5.92. The predicted octanol–water partition coefficient (Wildman–Crippen LogP) is 6.61. The van der Waals surface area contributed by atoms with Crippen molar-refractivity contribution in [3.05, 3.63) is 76.6 Å². The molecule has 0 atom stereocenters. The summed E-state index contributed by atoms with van der Waals surface area (Å²) < 4.78 is 2.30. The van der Waals surface area contributed by atoms with Crippen LogP contribution in [0.4, 0.5) is 0 Å². The minimum atomic E-state index is 0.302. The number of aryl methyl sites for hydroxylation is 2. The lowest BCUT2D eigenvalue weighted by atomic mass is 9.94. The molecular formula is C26H29NO. The van der Waals surface area contributed by atoms with Crippen LogP contribution >= 0.6 is 0 Å². The van der Waals surface area contributed by atoms with Crippen molar-refractivity contribution in [2.45, 2.75) is 53.4 Å². The van der Waals surface area contributed by atoms with Crippen LogP contribution in [0, 0.1) is 26.7 Å². The van der Waals surface area contributed by atoms with Crippen molar-refractivity contribution in [1.29, 1.82) is 0 Å². The Morgan fingerprint density at radius 1 is 0.929 bits per heavy atom. The van der Waals surface area contributed by atoms with Crippen molar-refractivity contribution in [2.24, 2.45) is 5.92 Å². The molecule has 1 fully saturated rings. The maximum atomic E-state index is 13.3. The zero-order valence-corrected chi connectivity index (χ0v) is 17.4. The molecule has 0 spiro atoms. The average Bonchev–Trinajstić information content (AvgIpc) is 3.44. The lowest BCUT2D eigenvalue weighted by molar-refractivity contribution is 0.0976. The van der Waals surface area contributed by atoms with E-state index in [1.807, 2.05) is 0 Å². The third kappa shape index (κ3) is 3.44. The van der Waals surface area contributed by atoms with E-state index in [1.165, 1.54) is 29.7 Å². The Morgan fingerprint density at radius 2 is 1.50 bits per heavy atom. The summed E-state index contributed by atoms with van der Waals surface area (Å²) in [6, 6.07) is 17.2. The molecule has 0 N–H and O–H groups in total. The Hall–Kier alpha value is -2.61. The summed E-state index contributed by atoms with van der Waals surface area (Å²) in [6.07, 6.45) is 3.96. The summed E-state index contributed by atoms with van der Waals surface area (Å²) in [5.41, 5.74) is 9.12. The van der Waals surface area contributed by atoms with E-state index in [0.29, 0.717) is 18.1 Å². The first-order valence-electron chi connectivity index (χ1n) is 10.4. The summed E-state index contributed by atoms with van der Waals surface area (Å²) in [5, 5.41) is 0. The van der Waals surface area contributed by atoms with Crippen molar-refractivity contribution in [3.63, 3.8) is 0 Å². The Bertz CT molecular complexity index is 1000. The molecule has 1 aromatic heterocycles. The first-order valence-corrected chi connectivity index (χ1v) is 10.4. The van der Waals surface area contributed by atoms with E-state index in [9.17, 15) is 4.79 Å². The summed E-state index contributed by atoms with van der Waals surface area (Å²) in [6.45, 7) is 8.50. The number of benzene rings is 2. The quantitative estimate of drug-likeness (QED) is 0.447. The van der Waals surface area contributed by atoms with Gasteiger partial charge in [0.05, 0.1) is 0 Å². The second-order valence-electron chi connectivity index (χ2n) is 8.24. The van der Waals surface area contributed by atoms with E-state index in [4.69, 9.17) is 0 Å². The van der Waals surface area contributed by atoms with Crippen LogP contribution in [0.15, 0.2) is 48.5 Å². The predicted molar refractivity (Wildman–Crippen MR) is 116 cm³/mol. The van der Waals surface area contributed by atoms with E-state index in [2.05, 4.69) is 80.8 Å². The first-order chi connectivity index (χ1) is 13.5. The lowest BCUT2D eigenvalue weighted by Gasteiger charge is -2.12. The normalized spacial score (nSPS) is 13.7. The van der Waals surface area contributed by atoms with E-state index in [0.717, 1.165) is 34.5 Å². The zero-order valence-electron chi connectivity index (χ0n) is 17.4. The number of ketones is 1. The number of hydrogen-bond acceptors (Lipinski definition) is 1. The molecule has 2 nitrogen and oxygen atoms in total. The van der Waals surface area contributed by atoms with Gasteiger partial charge in [0.2, 0.25) is 0 Å². The molecule has 1 saturated carbocycles. The highest BCUT2D eigenvalue weighted by Gasteiger charge is 2.30. The third-order valence-electron chi connectivity index (χ3n) is 5.92. The molecule has 1 heterocycles. The average molecular weight is 372 g/mol. The minimum absolute atomic E-state index is 0.302. The van der Waals surface area contributed by atoms with Gasteiger partial charge in [-0.15, -0.1) is 0 Å². The molecule has 2 aromatic carbocycles. The molecule has 28 heavy (non-hydrogen) atoms. The van der Waals surface area contributed by atoms with Crippen molar-refractivity contribution in [2.75, 3.05) is 0 Å². The highest BCUT2D eigenvalue weighted by molar-refractivity contribution is 6.05. The fraction of sp³-hybridized carbons (Fsp3) is 0.346. The number of Topliss-reactive ketones (excluding diaryl/α,β-unsaturated/α-hetero) is 1. The maximum Gasteiger partial charge on any atom is 0.165 e. The van der Waals surface area contributed by atoms with E-state index >= 15 is 0 Å². The standard InChI is InChI=1S/C26H29NO/c1-5-23-26(21-12-6-17(2)7-13-21)25(24(28)16-20-10-11-20)19(4)27(23)22-14-8-18(3)9-15-22/h6-9,12-15,20H,5,10-11,16H2,1-4H3. The summed E-state index contributed by atoms with van der Waals surface area (Å²) in [4.78, 5) is 13.3. The van der Waals surface area contributed by atoms with Crippen molar-refractivity contribution >= 4 is 5.78 Å². The number of hydrogen-bond donors (Lipinski definition) is 0. The number of carbonyl (C=O) groups excluding carboxylic acids is 1. The maximum absolute atomic E-state index is 13.3. The van der Waals surface area contributed by atoms with E-state index < -0.39 is 0 Å². The molecule has 0 unspecified atom stereocenters. The van der Waals surface area contributed by atoms with Crippen LogP contribution in [0.3, 0.4) is 0 Å². The highest BCUT2D eigenvalue weighted by atomic mass is 16.1. The monoisotopic (exact) mass is 371 g/mol. The van der Waals surface area contributed by atoms with Gasteiger partial charge >= 0.3 is 0 Å². The Morgan fingerprint density at radius 3 is 2.04 bits per heavy atom. The van der Waals surface area contributed by atoms with Gasteiger partial charge in [0.25, 0.3) is 0 Å². The van der Waals surface area contributed by atoms with Crippen LogP contribution in [-0.4, -0.2) is 10.4 Å². The van der Waals surface area contributed by atoms with Gasteiger partial charge in [-0.3, -0.25) is 4.79 Å². The van der Waals surface area contributed by atoms with Crippen LogP contribution in [0.1, 0.15) is 59.1 Å². The molecule has 0 amide bonds. The topological polar surface area (TPSA) is 22.0 Å². The Balaban J connectivity index is 1.95. The Kier molecular flexibility index (Phi) is 4.97. The van der Waals surface area contributed by atoms with Crippen LogP contribution < -0.4 is 0 Å². The molecule has 1 aliphatic rings. The van der Waals surface area contributed by atoms with Crippen LogP contribution in [0.5, 0.6) is 0 Å². The molecular weight excluding hydrogens is 342 g/mol. The molecule has 3 aromatic rings. The molecule has 0 radical (unpaired) electrons.